The summed E-state index contributed by atoms with van der Waals surface area (Å²) in [6, 6.07) is 15.6. The maximum absolute atomic E-state index is 11.9. The molecule has 0 atom stereocenters. The van der Waals surface area contributed by atoms with Crippen LogP contribution in [-0.4, -0.2) is 12.3 Å². The first-order valence-corrected chi connectivity index (χ1v) is 6.82. The molecule has 0 saturated carbocycles. The Bertz CT molecular complexity index is 531. The fourth-order valence-electron chi connectivity index (χ4n) is 1.59. The quantitative estimate of drug-likeness (QED) is 0.669. The molecular weight excluding hydrogens is 337 g/mol. The lowest BCUT2D eigenvalue weighted by molar-refractivity contribution is 0.101. The van der Waals surface area contributed by atoms with Gasteiger partial charge in [-0.25, -0.2) is 0 Å². The molecule has 0 saturated heterocycles. The minimum Gasteiger partial charge on any atom is -0.378 e. The van der Waals surface area contributed by atoms with Gasteiger partial charge in [0, 0.05) is 14.8 Å². The van der Waals surface area contributed by atoms with Crippen LogP contribution in [0.2, 0.25) is 0 Å². The lowest BCUT2D eigenvalue weighted by Crippen LogP contribution is -2.13. The van der Waals surface area contributed by atoms with E-state index in [0.717, 1.165) is 16.8 Å². The van der Waals surface area contributed by atoms with Crippen molar-refractivity contribution >= 4 is 34.1 Å². The molecule has 0 aliphatic carbocycles. The number of carbonyl (C=O) groups excluding carboxylic acids is 1. The van der Waals surface area contributed by atoms with Crippen LogP contribution in [0.15, 0.2) is 48.5 Å². The van der Waals surface area contributed by atoms with E-state index in [1.807, 2.05) is 55.5 Å². The minimum absolute atomic E-state index is 0.105. The summed E-state index contributed by atoms with van der Waals surface area (Å²) in [6.45, 7) is 2.34. The van der Waals surface area contributed by atoms with Gasteiger partial charge in [-0.15, -0.1) is 0 Å². The average Bonchev–Trinajstić information content (AvgIpc) is 2.38. The summed E-state index contributed by atoms with van der Waals surface area (Å²) < 4.78 is 1.18. The fraction of sp³-hybridized carbons (Fsp3) is 0.133. The summed E-state index contributed by atoms with van der Waals surface area (Å²) in [7, 11) is 0. The molecule has 0 aromatic heterocycles. The number of rotatable bonds is 4. The molecule has 18 heavy (non-hydrogen) atoms. The third kappa shape index (κ3) is 3.57. The van der Waals surface area contributed by atoms with Crippen LogP contribution in [0.3, 0.4) is 0 Å². The molecule has 0 heterocycles. The summed E-state index contributed by atoms with van der Waals surface area (Å²) in [5.74, 6) is 0.105. The number of carbonyl (C=O) groups is 1. The van der Waals surface area contributed by atoms with Crippen LogP contribution < -0.4 is 5.32 Å². The zero-order chi connectivity index (χ0) is 13.0. The van der Waals surface area contributed by atoms with Gasteiger partial charge in [-0.1, -0.05) is 29.8 Å². The van der Waals surface area contributed by atoms with E-state index >= 15 is 0 Å². The first kappa shape index (κ1) is 13.1. The number of hydrogen-bond acceptors (Lipinski definition) is 2. The van der Waals surface area contributed by atoms with E-state index in [9.17, 15) is 4.79 Å². The highest BCUT2D eigenvalue weighted by atomic mass is 127. The second-order valence-corrected chi connectivity index (χ2v) is 5.40. The molecule has 2 rings (SSSR count). The van der Waals surface area contributed by atoms with Crippen LogP contribution in [-0.2, 0) is 0 Å². The monoisotopic (exact) mass is 351 g/mol. The van der Waals surface area contributed by atoms with Crippen LogP contribution in [0.4, 0.5) is 5.69 Å². The van der Waals surface area contributed by atoms with Gasteiger partial charge in [0.1, 0.15) is 0 Å². The third-order valence-corrected chi connectivity index (χ3v) is 3.39. The lowest BCUT2D eigenvalue weighted by Gasteiger charge is -2.06. The van der Waals surface area contributed by atoms with Crippen molar-refractivity contribution in [3.8, 4) is 0 Å². The van der Waals surface area contributed by atoms with Crippen molar-refractivity contribution in [2.75, 3.05) is 11.9 Å². The summed E-state index contributed by atoms with van der Waals surface area (Å²) in [4.78, 5) is 11.9. The molecule has 3 heteroatoms. The lowest BCUT2D eigenvalue weighted by atomic mass is 10.1. The van der Waals surface area contributed by atoms with E-state index in [0.29, 0.717) is 6.54 Å². The number of anilines is 1. The smallest absolute Gasteiger partial charge is 0.181 e. The molecule has 1 N–H and O–H groups in total. The van der Waals surface area contributed by atoms with Crippen molar-refractivity contribution in [3.05, 3.63) is 63.2 Å². The number of hydrogen-bond donors (Lipinski definition) is 1. The largest absolute Gasteiger partial charge is 0.378 e. The van der Waals surface area contributed by atoms with Crippen LogP contribution in [0, 0.1) is 10.5 Å². The Kier molecular flexibility index (Phi) is 4.36. The van der Waals surface area contributed by atoms with Gasteiger partial charge in [0.15, 0.2) is 5.78 Å². The van der Waals surface area contributed by atoms with Crippen molar-refractivity contribution in [1.29, 1.82) is 0 Å². The maximum Gasteiger partial charge on any atom is 0.181 e. The maximum atomic E-state index is 11.9. The number of ketones is 1. The van der Waals surface area contributed by atoms with Gasteiger partial charge in [0.05, 0.1) is 6.54 Å². The zero-order valence-electron chi connectivity index (χ0n) is 10.1. The molecular formula is C15H14INO. The number of Topliss-reactive ketones (excluding diaryl/α,β-unsaturated/α-hetero) is 1. The van der Waals surface area contributed by atoms with Crippen LogP contribution in [0.5, 0.6) is 0 Å². The van der Waals surface area contributed by atoms with Gasteiger partial charge in [0.2, 0.25) is 0 Å². The zero-order valence-corrected chi connectivity index (χ0v) is 12.3. The first-order chi connectivity index (χ1) is 8.65. The summed E-state index contributed by atoms with van der Waals surface area (Å²) in [5.41, 5.74) is 2.88. The average molecular weight is 351 g/mol. The predicted octanol–water partition coefficient (Wildman–Crippen LogP) is 3.89. The highest BCUT2D eigenvalue weighted by molar-refractivity contribution is 14.1. The van der Waals surface area contributed by atoms with Crippen molar-refractivity contribution in [1.82, 2.24) is 0 Å². The second-order valence-electron chi connectivity index (χ2n) is 4.15. The highest BCUT2D eigenvalue weighted by Crippen LogP contribution is 2.11. The Labute approximate surface area is 121 Å². The standard InChI is InChI=1S/C15H14INO/c1-11-2-4-12(5-3-11)15(18)10-17-14-8-6-13(16)7-9-14/h2-9,17H,10H2,1H3. The topological polar surface area (TPSA) is 29.1 Å². The summed E-state index contributed by atoms with van der Waals surface area (Å²) in [5, 5.41) is 3.13. The van der Waals surface area contributed by atoms with E-state index < -0.39 is 0 Å². The molecule has 0 bridgehead atoms. The molecule has 0 unspecified atom stereocenters. The molecule has 2 nitrogen and oxygen atoms in total. The Morgan fingerprint density at radius 1 is 1.06 bits per heavy atom. The number of aryl methyl sites for hydroxylation is 1. The van der Waals surface area contributed by atoms with Gasteiger partial charge < -0.3 is 5.32 Å². The molecule has 0 aliphatic rings. The highest BCUT2D eigenvalue weighted by Gasteiger charge is 2.04. The van der Waals surface area contributed by atoms with Crippen LogP contribution in [0.25, 0.3) is 0 Å². The second kappa shape index (κ2) is 6.00. The Hall–Kier alpha value is -1.36. The van der Waals surface area contributed by atoms with E-state index in [1.165, 1.54) is 3.57 Å². The van der Waals surface area contributed by atoms with Gasteiger partial charge in [-0.2, -0.15) is 0 Å². The Morgan fingerprint density at radius 3 is 2.28 bits per heavy atom. The van der Waals surface area contributed by atoms with Crippen LogP contribution >= 0.6 is 22.6 Å². The number of benzene rings is 2. The van der Waals surface area contributed by atoms with Crippen molar-refractivity contribution in [2.24, 2.45) is 0 Å². The molecule has 0 fully saturated rings. The third-order valence-electron chi connectivity index (χ3n) is 2.67. The van der Waals surface area contributed by atoms with Crippen LogP contribution in [0.1, 0.15) is 15.9 Å². The molecule has 92 valence electrons. The SMILES string of the molecule is Cc1ccc(C(=O)CNc2ccc(I)cc2)cc1. The predicted molar refractivity (Wildman–Crippen MR) is 83.2 cm³/mol. The van der Waals surface area contributed by atoms with E-state index in [1.54, 1.807) is 0 Å². The first-order valence-electron chi connectivity index (χ1n) is 5.74. The molecule has 2 aromatic rings. The van der Waals surface area contributed by atoms with Crippen molar-refractivity contribution < 1.29 is 4.79 Å². The van der Waals surface area contributed by atoms with E-state index in [2.05, 4.69) is 27.9 Å². The molecule has 0 spiro atoms. The summed E-state index contributed by atoms with van der Waals surface area (Å²) >= 11 is 2.26. The van der Waals surface area contributed by atoms with E-state index in [-0.39, 0.29) is 5.78 Å². The van der Waals surface area contributed by atoms with Gasteiger partial charge in [-0.05, 0) is 53.8 Å². The number of nitrogens with one attached hydrogen (secondary N) is 1. The van der Waals surface area contributed by atoms with Gasteiger partial charge in [-0.3, -0.25) is 4.79 Å². The fourth-order valence-corrected chi connectivity index (χ4v) is 1.95. The minimum atomic E-state index is 0.105. The van der Waals surface area contributed by atoms with Gasteiger partial charge >= 0.3 is 0 Å². The van der Waals surface area contributed by atoms with Gasteiger partial charge in [0.25, 0.3) is 0 Å². The molecule has 0 aliphatic heterocycles. The Balaban J connectivity index is 1.96. The molecule has 2 aromatic carbocycles. The number of halogens is 1. The normalized spacial score (nSPS) is 10.1. The van der Waals surface area contributed by atoms with E-state index in [4.69, 9.17) is 0 Å². The molecule has 0 amide bonds. The molecule has 0 radical (unpaired) electrons. The Morgan fingerprint density at radius 2 is 1.67 bits per heavy atom. The van der Waals surface area contributed by atoms with Crippen molar-refractivity contribution in [2.45, 2.75) is 6.92 Å². The van der Waals surface area contributed by atoms with Crippen molar-refractivity contribution in [3.63, 3.8) is 0 Å². The summed E-state index contributed by atoms with van der Waals surface area (Å²) in [6.07, 6.45) is 0.